The van der Waals surface area contributed by atoms with E-state index in [1.165, 1.54) is 0 Å². The van der Waals surface area contributed by atoms with Crippen LogP contribution < -0.4 is 0 Å². The van der Waals surface area contributed by atoms with Crippen molar-refractivity contribution in [2.75, 3.05) is 26.4 Å². The van der Waals surface area contributed by atoms with E-state index in [1.54, 1.807) is 0 Å². The number of ether oxygens (including phenoxy) is 1. The molecule has 1 saturated carbocycles. The Morgan fingerprint density at radius 2 is 2.29 bits per heavy atom. The molecule has 2 saturated heterocycles. The molecule has 96 valence electrons. The van der Waals surface area contributed by atoms with Crippen molar-refractivity contribution in [3.05, 3.63) is 0 Å². The minimum Gasteiger partial charge on any atom is -0.396 e. The number of aliphatic hydroxyl groups is 1. The molecule has 17 heavy (non-hydrogen) atoms. The number of hydrogen-bond donors (Lipinski definition) is 1. The summed E-state index contributed by atoms with van der Waals surface area (Å²) in [5.74, 6) is 0.342. The molecule has 0 aromatic rings. The highest BCUT2D eigenvalue weighted by Crippen LogP contribution is 2.48. The van der Waals surface area contributed by atoms with Crippen LogP contribution in [-0.4, -0.2) is 48.3 Å². The molecule has 3 atom stereocenters. The van der Waals surface area contributed by atoms with Gasteiger partial charge in [-0.25, -0.2) is 0 Å². The number of carbonyl (C=O) groups excluding carboxylic acids is 1. The molecule has 2 heterocycles. The van der Waals surface area contributed by atoms with Crippen LogP contribution in [0.15, 0.2) is 0 Å². The van der Waals surface area contributed by atoms with Crippen molar-refractivity contribution in [2.24, 2.45) is 11.3 Å². The summed E-state index contributed by atoms with van der Waals surface area (Å²) in [6.45, 7) is 2.39. The lowest BCUT2D eigenvalue weighted by atomic mass is 9.83. The molecular weight excluding hydrogens is 218 g/mol. The van der Waals surface area contributed by atoms with Gasteiger partial charge in [-0.05, 0) is 25.7 Å². The van der Waals surface area contributed by atoms with E-state index in [2.05, 4.69) is 0 Å². The van der Waals surface area contributed by atoms with Crippen LogP contribution in [-0.2, 0) is 9.53 Å². The van der Waals surface area contributed by atoms with E-state index in [0.717, 1.165) is 45.3 Å². The highest BCUT2D eigenvalue weighted by molar-refractivity contribution is 5.80. The molecular formula is C13H21NO3. The lowest BCUT2D eigenvalue weighted by Crippen LogP contribution is -2.43. The monoisotopic (exact) mass is 239 g/mol. The fraction of sp³-hybridized carbons (Fsp3) is 0.923. The van der Waals surface area contributed by atoms with Crippen LogP contribution in [0.2, 0.25) is 0 Å². The molecule has 4 nitrogen and oxygen atoms in total. The number of rotatable bonds is 2. The molecule has 0 radical (unpaired) electrons. The predicted molar refractivity (Wildman–Crippen MR) is 62.4 cm³/mol. The van der Waals surface area contributed by atoms with Gasteiger partial charge in [0, 0.05) is 24.6 Å². The van der Waals surface area contributed by atoms with Gasteiger partial charge in [0.2, 0.25) is 5.91 Å². The molecule has 3 fully saturated rings. The number of fused-ring (bicyclic) bond motifs is 1. The van der Waals surface area contributed by atoms with Gasteiger partial charge in [0.25, 0.3) is 0 Å². The van der Waals surface area contributed by atoms with Gasteiger partial charge < -0.3 is 14.7 Å². The Morgan fingerprint density at radius 1 is 1.41 bits per heavy atom. The zero-order chi connectivity index (χ0) is 11.9. The van der Waals surface area contributed by atoms with E-state index in [1.807, 2.05) is 4.90 Å². The number of nitrogens with zero attached hydrogens (tertiary/aromatic N) is 1. The van der Waals surface area contributed by atoms with Crippen LogP contribution in [0, 0.1) is 11.3 Å². The first-order valence-electron chi connectivity index (χ1n) is 6.76. The number of amides is 1. The average molecular weight is 239 g/mol. The van der Waals surface area contributed by atoms with Crippen LogP contribution in [0.25, 0.3) is 0 Å². The van der Waals surface area contributed by atoms with Crippen molar-refractivity contribution in [3.63, 3.8) is 0 Å². The fourth-order valence-corrected chi connectivity index (χ4v) is 3.89. The van der Waals surface area contributed by atoms with Crippen molar-refractivity contribution >= 4 is 5.91 Å². The molecule has 3 rings (SSSR count). The molecule has 1 N–H and O–H groups in total. The Labute approximate surface area is 102 Å². The highest BCUT2D eigenvalue weighted by atomic mass is 16.5. The maximum Gasteiger partial charge on any atom is 0.228 e. The van der Waals surface area contributed by atoms with Crippen LogP contribution in [0.1, 0.15) is 32.1 Å². The van der Waals surface area contributed by atoms with Crippen molar-refractivity contribution in [3.8, 4) is 0 Å². The van der Waals surface area contributed by atoms with Crippen molar-refractivity contribution in [1.82, 2.24) is 4.90 Å². The summed E-state index contributed by atoms with van der Waals surface area (Å²) in [7, 11) is 0. The zero-order valence-electron chi connectivity index (χ0n) is 10.2. The summed E-state index contributed by atoms with van der Waals surface area (Å²) in [6, 6.07) is 0.292. The maximum atomic E-state index is 12.4. The topological polar surface area (TPSA) is 49.8 Å². The third-order valence-corrected chi connectivity index (χ3v) is 4.96. The van der Waals surface area contributed by atoms with Crippen LogP contribution in [0.4, 0.5) is 0 Å². The van der Waals surface area contributed by atoms with Crippen molar-refractivity contribution in [2.45, 2.75) is 38.1 Å². The van der Waals surface area contributed by atoms with E-state index in [-0.39, 0.29) is 23.8 Å². The Balaban J connectivity index is 1.74. The lowest BCUT2D eigenvalue weighted by molar-refractivity contribution is -0.137. The Bertz CT molecular complexity index is 314. The summed E-state index contributed by atoms with van der Waals surface area (Å²) < 4.78 is 5.30. The largest absolute Gasteiger partial charge is 0.396 e. The van der Waals surface area contributed by atoms with Gasteiger partial charge in [-0.1, -0.05) is 6.42 Å². The van der Waals surface area contributed by atoms with E-state index >= 15 is 0 Å². The molecule has 0 aromatic heterocycles. The van der Waals surface area contributed by atoms with Crippen LogP contribution >= 0.6 is 0 Å². The number of likely N-dealkylation sites (tertiary alicyclic amines) is 1. The van der Waals surface area contributed by atoms with Gasteiger partial charge in [0.1, 0.15) is 0 Å². The molecule has 2 aliphatic heterocycles. The Hall–Kier alpha value is -0.610. The van der Waals surface area contributed by atoms with Gasteiger partial charge in [0.15, 0.2) is 0 Å². The fourth-order valence-electron chi connectivity index (χ4n) is 3.89. The Morgan fingerprint density at radius 3 is 3.00 bits per heavy atom. The van der Waals surface area contributed by atoms with E-state index in [4.69, 9.17) is 4.74 Å². The molecule has 0 bridgehead atoms. The van der Waals surface area contributed by atoms with Crippen molar-refractivity contribution < 1.29 is 14.6 Å². The SMILES string of the molecule is O=C(C1CCOC1)N1CC[C@@]2(CO)CCC[C@@H]12. The second-order valence-corrected chi connectivity index (χ2v) is 5.77. The van der Waals surface area contributed by atoms with Gasteiger partial charge >= 0.3 is 0 Å². The predicted octanol–water partition coefficient (Wildman–Crippen LogP) is 0.786. The maximum absolute atomic E-state index is 12.4. The summed E-state index contributed by atoms with van der Waals surface area (Å²) in [5.41, 5.74) is 0.0229. The van der Waals surface area contributed by atoms with Crippen LogP contribution in [0.3, 0.4) is 0 Å². The summed E-state index contributed by atoms with van der Waals surface area (Å²) in [5, 5.41) is 9.63. The highest BCUT2D eigenvalue weighted by Gasteiger charge is 2.52. The molecule has 0 spiro atoms. The molecule has 0 aromatic carbocycles. The van der Waals surface area contributed by atoms with Crippen molar-refractivity contribution in [1.29, 1.82) is 0 Å². The smallest absolute Gasteiger partial charge is 0.228 e. The van der Waals surface area contributed by atoms with Crippen LogP contribution in [0.5, 0.6) is 0 Å². The minimum atomic E-state index is 0.0229. The molecule has 3 aliphatic rings. The average Bonchev–Trinajstić information content (AvgIpc) is 3.04. The summed E-state index contributed by atoms with van der Waals surface area (Å²) in [4.78, 5) is 14.5. The van der Waals surface area contributed by atoms with Gasteiger partial charge in [-0.2, -0.15) is 0 Å². The zero-order valence-corrected chi connectivity index (χ0v) is 10.2. The Kier molecular flexibility index (Phi) is 2.87. The molecule has 1 amide bonds. The third-order valence-electron chi connectivity index (χ3n) is 4.96. The van der Waals surface area contributed by atoms with Gasteiger partial charge in [-0.3, -0.25) is 4.79 Å². The first kappa shape index (κ1) is 11.5. The summed E-state index contributed by atoms with van der Waals surface area (Å²) in [6.07, 6.45) is 5.15. The quantitative estimate of drug-likeness (QED) is 0.775. The first-order chi connectivity index (χ1) is 8.27. The molecule has 1 unspecified atom stereocenters. The van der Waals surface area contributed by atoms with Gasteiger partial charge in [0.05, 0.1) is 19.1 Å². The lowest BCUT2D eigenvalue weighted by Gasteiger charge is -2.31. The number of carbonyl (C=O) groups is 1. The van der Waals surface area contributed by atoms with Gasteiger partial charge in [-0.15, -0.1) is 0 Å². The van der Waals surface area contributed by atoms with E-state index in [9.17, 15) is 9.90 Å². The molecule has 4 heteroatoms. The first-order valence-corrected chi connectivity index (χ1v) is 6.76. The molecule has 1 aliphatic carbocycles. The number of hydrogen-bond acceptors (Lipinski definition) is 3. The second-order valence-electron chi connectivity index (χ2n) is 5.77. The second kappa shape index (κ2) is 4.25. The number of aliphatic hydroxyl groups excluding tert-OH is 1. The normalized spacial score (nSPS) is 40.9. The van der Waals surface area contributed by atoms with E-state index in [0.29, 0.717) is 12.6 Å². The summed E-state index contributed by atoms with van der Waals surface area (Å²) >= 11 is 0. The third kappa shape index (κ3) is 1.69. The van der Waals surface area contributed by atoms with E-state index < -0.39 is 0 Å². The minimum absolute atomic E-state index is 0.0229. The standard InChI is InChI=1S/C13H21NO3/c15-9-13-4-1-2-11(13)14(6-5-13)12(16)10-3-7-17-8-10/h10-11,15H,1-9H2/t10?,11-,13-/m1/s1.